The molecular formula is C13H18BrNOS. The van der Waals surface area contributed by atoms with E-state index in [-0.39, 0.29) is 0 Å². The Labute approximate surface area is 115 Å². The molecule has 2 saturated heterocycles. The summed E-state index contributed by atoms with van der Waals surface area (Å²) in [4.78, 5) is 3.78. The van der Waals surface area contributed by atoms with Gasteiger partial charge in [-0.1, -0.05) is 6.42 Å². The maximum absolute atomic E-state index is 10.9. The molecule has 1 N–H and O–H groups in total. The molecule has 0 saturated carbocycles. The molecule has 2 fully saturated rings. The minimum absolute atomic E-state index is 0.394. The lowest BCUT2D eigenvalue weighted by atomic mass is 9.86. The number of hydrogen-bond donors (Lipinski definition) is 1. The van der Waals surface area contributed by atoms with Crippen LogP contribution in [0, 0.1) is 0 Å². The SMILES string of the molecule is OC1(Cc2sccc2Br)CCN2CCCCC21. The highest BCUT2D eigenvalue weighted by Gasteiger charge is 2.46. The zero-order chi connectivity index (χ0) is 11.9. The molecule has 2 atom stereocenters. The predicted octanol–water partition coefficient (Wildman–Crippen LogP) is 3.04. The summed E-state index contributed by atoms with van der Waals surface area (Å²) in [7, 11) is 0. The van der Waals surface area contributed by atoms with Crippen LogP contribution >= 0.6 is 27.3 Å². The fraction of sp³-hybridized carbons (Fsp3) is 0.692. The van der Waals surface area contributed by atoms with Gasteiger partial charge in [-0.25, -0.2) is 0 Å². The first kappa shape index (κ1) is 12.2. The van der Waals surface area contributed by atoms with Gasteiger partial charge in [0.05, 0.1) is 5.60 Å². The molecule has 0 amide bonds. The van der Waals surface area contributed by atoms with Crippen molar-refractivity contribution in [3.05, 3.63) is 20.8 Å². The minimum atomic E-state index is -0.492. The Bertz CT molecular complexity index is 408. The largest absolute Gasteiger partial charge is 0.388 e. The quantitative estimate of drug-likeness (QED) is 0.906. The molecule has 0 aliphatic carbocycles. The second-order valence-corrected chi connectivity index (χ2v) is 7.12. The van der Waals surface area contributed by atoms with Crippen molar-refractivity contribution in [2.45, 2.75) is 43.7 Å². The van der Waals surface area contributed by atoms with E-state index in [2.05, 4.69) is 32.3 Å². The molecule has 3 heterocycles. The number of nitrogens with zero attached hydrogens (tertiary/aromatic N) is 1. The maximum Gasteiger partial charge on any atom is 0.0862 e. The number of piperidine rings is 1. The molecular weight excluding hydrogens is 298 g/mol. The van der Waals surface area contributed by atoms with Gasteiger partial charge in [0.25, 0.3) is 0 Å². The number of aliphatic hydroxyl groups is 1. The van der Waals surface area contributed by atoms with Crippen LogP contribution in [0.4, 0.5) is 0 Å². The van der Waals surface area contributed by atoms with E-state index in [0.29, 0.717) is 6.04 Å². The first-order valence-electron chi connectivity index (χ1n) is 6.37. The number of hydrogen-bond acceptors (Lipinski definition) is 3. The third-order valence-corrected chi connectivity index (χ3v) is 6.15. The summed E-state index contributed by atoms with van der Waals surface area (Å²) in [5.41, 5.74) is -0.492. The summed E-state index contributed by atoms with van der Waals surface area (Å²) in [5.74, 6) is 0. The van der Waals surface area contributed by atoms with Crippen molar-refractivity contribution in [3.63, 3.8) is 0 Å². The molecule has 0 aromatic carbocycles. The molecule has 17 heavy (non-hydrogen) atoms. The van der Waals surface area contributed by atoms with E-state index in [1.807, 2.05) is 0 Å². The molecule has 2 nitrogen and oxygen atoms in total. The van der Waals surface area contributed by atoms with E-state index in [1.165, 1.54) is 30.7 Å². The molecule has 0 radical (unpaired) electrons. The molecule has 2 aliphatic heterocycles. The van der Waals surface area contributed by atoms with Crippen molar-refractivity contribution in [3.8, 4) is 0 Å². The topological polar surface area (TPSA) is 23.5 Å². The lowest BCUT2D eigenvalue weighted by molar-refractivity contribution is -0.00836. The lowest BCUT2D eigenvalue weighted by Crippen LogP contribution is -2.48. The standard InChI is InChI=1S/C13H18BrNOS/c14-10-4-8-17-11(10)9-13(16)5-7-15-6-2-1-3-12(13)15/h4,8,12,16H,1-3,5-7,9H2. The highest BCUT2D eigenvalue weighted by molar-refractivity contribution is 9.10. The number of halogens is 1. The van der Waals surface area contributed by atoms with Crippen LogP contribution in [0.1, 0.15) is 30.6 Å². The maximum atomic E-state index is 10.9. The van der Waals surface area contributed by atoms with E-state index in [4.69, 9.17) is 0 Å². The Balaban J connectivity index is 1.79. The lowest BCUT2D eigenvalue weighted by Gasteiger charge is -2.37. The highest BCUT2D eigenvalue weighted by Crippen LogP contribution is 2.39. The molecule has 2 unspecified atom stereocenters. The Morgan fingerprint density at radius 3 is 3.12 bits per heavy atom. The van der Waals surface area contributed by atoms with Crippen LogP contribution < -0.4 is 0 Å². The number of thiophene rings is 1. The molecule has 0 bridgehead atoms. The van der Waals surface area contributed by atoms with Crippen LogP contribution in [0.3, 0.4) is 0 Å². The number of rotatable bonds is 2. The van der Waals surface area contributed by atoms with E-state index in [0.717, 1.165) is 23.9 Å². The fourth-order valence-electron chi connectivity index (χ4n) is 3.31. The first-order valence-corrected chi connectivity index (χ1v) is 8.05. The summed E-state index contributed by atoms with van der Waals surface area (Å²) in [6, 6.07) is 2.47. The Morgan fingerprint density at radius 1 is 1.47 bits per heavy atom. The Morgan fingerprint density at radius 2 is 2.35 bits per heavy atom. The molecule has 1 aromatic rings. The predicted molar refractivity (Wildman–Crippen MR) is 74.5 cm³/mol. The van der Waals surface area contributed by atoms with Gasteiger partial charge >= 0.3 is 0 Å². The second kappa shape index (κ2) is 4.65. The van der Waals surface area contributed by atoms with Crippen molar-refractivity contribution in [1.29, 1.82) is 0 Å². The van der Waals surface area contributed by atoms with Crippen LogP contribution in [0.5, 0.6) is 0 Å². The van der Waals surface area contributed by atoms with Crippen LogP contribution in [0.25, 0.3) is 0 Å². The average molecular weight is 316 g/mol. The Kier molecular flexibility index (Phi) is 3.32. The van der Waals surface area contributed by atoms with E-state index in [1.54, 1.807) is 11.3 Å². The normalized spacial score (nSPS) is 33.9. The van der Waals surface area contributed by atoms with E-state index >= 15 is 0 Å². The van der Waals surface area contributed by atoms with Gasteiger partial charge in [-0.15, -0.1) is 11.3 Å². The first-order chi connectivity index (χ1) is 8.19. The minimum Gasteiger partial charge on any atom is -0.388 e. The molecule has 0 spiro atoms. The van der Waals surface area contributed by atoms with Gasteiger partial charge in [0.1, 0.15) is 0 Å². The van der Waals surface area contributed by atoms with Gasteiger partial charge in [-0.2, -0.15) is 0 Å². The molecule has 1 aromatic heterocycles. The van der Waals surface area contributed by atoms with Crippen molar-refractivity contribution in [1.82, 2.24) is 4.90 Å². The third-order valence-electron chi connectivity index (χ3n) is 4.22. The third kappa shape index (κ3) is 2.21. The van der Waals surface area contributed by atoms with Gasteiger partial charge < -0.3 is 5.11 Å². The number of fused-ring (bicyclic) bond motifs is 1. The zero-order valence-corrected chi connectivity index (χ0v) is 12.3. The van der Waals surface area contributed by atoms with Gasteiger partial charge in [-0.3, -0.25) is 4.90 Å². The molecule has 94 valence electrons. The van der Waals surface area contributed by atoms with Gasteiger partial charge in [-0.05, 0) is 53.2 Å². The Hall–Kier alpha value is 0.1000. The molecule has 2 aliphatic rings. The van der Waals surface area contributed by atoms with E-state index in [9.17, 15) is 5.11 Å². The van der Waals surface area contributed by atoms with Crippen molar-refractivity contribution in [2.75, 3.05) is 13.1 Å². The fourth-order valence-corrected chi connectivity index (χ4v) is 4.92. The van der Waals surface area contributed by atoms with Crippen molar-refractivity contribution < 1.29 is 5.11 Å². The van der Waals surface area contributed by atoms with Crippen LogP contribution in [-0.2, 0) is 6.42 Å². The summed E-state index contributed by atoms with van der Waals surface area (Å²) in [6.45, 7) is 2.25. The monoisotopic (exact) mass is 315 g/mol. The van der Waals surface area contributed by atoms with Crippen molar-refractivity contribution in [2.24, 2.45) is 0 Å². The van der Waals surface area contributed by atoms with Crippen LogP contribution in [0.15, 0.2) is 15.9 Å². The van der Waals surface area contributed by atoms with Gasteiger partial charge in [0, 0.05) is 28.4 Å². The summed E-state index contributed by atoms with van der Waals surface area (Å²) in [5, 5.41) is 13.0. The molecule has 4 heteroatoms. The van der Waals surface area contributed by atoms with Crippen LogP contribution in [-0.4, -0.2) is 34.7 Å². The van der Waals surface area contributed by atoms with Crippen LogP contribution in [0.2, 0.25) is 0 Å². The summed E-state index contributed by atoms with van der Waals surface area (Å²) < 4.78 is 1.16. The smallest absolute Gasteiger partial charge is 0.0862 e. The van der Waals surface area contributed by atoms with Gasteiger partial charge in [0.2, 0.25) is 0 Å². The van der Waals surface area contributed by atoms with Crippen molar-refractivity contribution >= 4 is 27.3 Å². The van der Waals surface area contributed by atoms with E-state index < -0.39 is 5.60 Å². The molecule has 3 rings (SSSR count). The van der Waals surface area contributed by atoms with Gasteiger partial charge in [0.15, 0.2) is 0 Å². The summed E-state index contributed by atoms with van der Waals surface area (Å²) in [6.07, 6.45) is 5.48. The zero-order valence-electron chi connectivity index (χ0n) is 9.86. The highest BCUT2D eigenvalue weighted by atomic mass is 79.9. The summed E-state index contributed by atoms with van der Waals surface area (Å²) >= 11 is 5.32. The second-order valence-electron chi connectivity index (χ2n) is 5.27. The average Bonchev–Trinajstić information content (AvgIpc) is 2.87.